The molecule has 0 aliphatic heterocycles. The Morgan fingerprint density at radius 2 is 1.68 bits per heavy atom. The van der Waals surface area contributed by atoms with Crippen LogP contribution in [0.3, 0.4) is 0 Å². The molecule has 3 rings (SSSR count). The molecule has 0 aliphatic rings. The van der Waals surface area contributed by atoms with Crippen LogP contribution in [-0.2, 0) is 6.61 Å². The summed E-state index contributed by atoms with van der Waals surface area (Å²) in [6.07, 6.45) is 0. The predicted octanol–water partition coefficient (Wildman–Crippen LogP) is 4.10. The van der Waals surface area contributed by atoms with Gasteiger partial charge in [0.25, 0.3) is 0 Å². The van der Waals surface area contributed by atoms with Crippen molar-refractivity contribution in [2.75, 3.05) is 0 Å². The first-order valence-corrected chi connectivity index (χ1v) is 6.90. The third kappa shape index (κ3) is 3.15. The Morgan fingerprint density at radius 1 is 1.05 bits per heavy atom. The molecule has 0 amide bonds. The molecule has 0 saturated carbocycles. The minimum absolute atomic E-state index is 0.382. The number of hydrogen-bond acceptors (Lipinski definition) is 4. The number of rotatable bonds is 4. The predicted molar refractivity (Wildman–Crippen MR) is 82.2 cm³/mol. The van der Waals surface area contributed by atoms with Gasteiger partial charge in [-0.05, 0) is 42.3 Å². The first-order chi connectivity index (χ1) is 10.7. The van der Waals surface area contributed by atoms with Crippen LogP contribution in [-0.4, -0.2) is 5.16 Å². The molecule has 3 aromatic rings. The van der Waals surface area contributed by atoms with Gasteiger partial charge in [0.1, 0.15) is 23.8 Å². The highest BCUT2D eigenvalue weighted by Crippen LogP contribution is 2.23. The number of ether oxygens (including phenoxy) is 1. The number of benzene rings is 2. The van der Waals surface area contributed by atoms with Crippen LogP contribution in [0.1, 0.15) is 17.0 Å². The van der Waals surface area contributed by atoms with Gasteiger partial charge in [-0.3, -0.25) is 0 Å². The first-order valence-electron chi connectivity index (χ1n) is 6.90. The average Bonchev–Trinajstić information content (AvgIpc) is 2.99. The Morgan fingerprint density at radius 3 is 2.23 bits per heavy atom. The molecule has 0 N–H and O–H groups in total. The molecule has 0 aliphatic carbocycles. The van der Waals surface area contributed by atoms with Crippen LogP contribution in [0.4, 0.5) is 0 Å². The summed E-state index contributed by atoms with van der Waals surface area (Å²) < 4.78 is 10.7. The van der Waals surface area contributed by atoms with E-state index >= 15 is 0 Å². The smallest absolute Gasteiger partial charge is 0.134 e. The third-order valence-electron chi connectivity index (χ3n) is 3.27. The van der Waals surface area contributed by atoms with Gasteiger partial charge in [-0.2, -0.15) is 5.26 Å². The molecule has 0 bridgehead atoms. The lowest BCUT2D eigenvalue weighted by molar-refractivity contribution is 0.288. The summed E-state index contributed by atoms with van der Waals surface area (Å²) in [5.74, 6) is 1.55. The van der Waals surface area contributed by atoms with Gasteiger partial charge in [-0.25, -0.2) is 0 Å². The topological polar surface area (TPSA) is 59.0 Å². The number of aryl methyl sites for hydroxylation is 1. The quantitative estimate of drug-likeness (QED) is 0.725. The van der Waals surface area contributed by atoms with Crippen molar-refractivity contribution in [2.45, 2.75) is 13.5 Å². The Labute approximate surface area is 128 Å². The van der Waals surface area contributed by atoms with Crippen LogP contribution in [0.5, 0.6) is 5.75 Å². The zero-order valence-corrected chi connectivity index (χ0v) is 12.1. The molecule has 2 aromatic carbocycles. The Balaban J connectivity index is 1.68. The normalized spacial score (nSPS) is 10.2. The number of hydrogen-bond donors (Lipinski definition) is 0. The standard InChI is InChI=1S/C18H14N2O2/c1-13-10-17(20-22-13)12-21-18-8-6-16(7-9-18)15-4-2-14(11-19)3-5-15/h2-10H,12H2,1H3. The number of nitriles is 1. The van der Waals surface area contributed by atoms with Crippen LogP contribution in [0, 0.1) is 18.3 Å². The highest BCUT2D eigenvalue weighted by molar-refractivity contribution is 5.64. The highest BCUT2D eigenvalue weighted by Gasteiger charge is 2.03. The molecule has 4 nitrogen and oxygen atoms in total. The van der Waals surface area contributed by atoms with E-state index in [1.54, 1.807) is 0 Å². The Kier molecular flexibility index (Phi) is 3.88. The molecule has 0 atom stereocenters. The molecule has 22 heavy (non-hydrogen) atoms. The monoisotopic (exact) mass is 290 g/mol. The zero-order chi connectivity index (χ0) is 15.4. The summed E-state index contributed by atoms with van der Waals surface area (Å²) in [6, 6.07) is 19.3. The second-order valence-electron chi connectivity index (χ2n) is 4.93. The number of aromatic nitrogens is 1. The van der Waals surface area contributed by atoms with Crippen molar-refractivity contribution in [3.05, 3.63) is 71.6 Å². The summed E-state index contributed by atoms with van der Waals surface area (Å²) in [5, 5.41) is 12.7. The van der Waals surface area contributed by atoms with Crippen molar-refractivity contribution in [3.63, 3.8) is 0 Å². The van der Waals surface area contributed by atoms with Gasteiger partial charge in [0.15, 0.2) is 0 Å². The summed E-state index contributed by atoms with van der Waals surface area (Å²) in [5.41, 5.74) is 3.58. The molecule has 0 fully saturated rings. The second-order valence-corrected chi connectivity index (χ2v) is 4.93. The van der Waals surface area contributed by atoms with Crippen molar-refractivity contribution in [1.82, 2.24) is 5.16 Å². The first kappa shape index (κ1) is 13.9. The fraction of sp³-hybridized carbons (Fsp3) is 0.111. The minimum Gasteiger partial charge on any atom is -0.487 e. The van der Waals surface area contributed by atoms with Crippen molar-refractivity contribution in [1.29, 1.82) is 5.26 Å². The van der Waals surface area contributed by atoms with E-state index in [1.165, 1.54) is 0 Å². The van der Waals surface area contributed by atoms with E-state index in [4.69, 9.17) is 14.5 Å². The lowest BCUT2D eigenvalue weighted by Crippen LogP contribution is -1.95. The molecule has 0 radical (unpaired) electrons. The maximum atomic E-state index is 8.81. The Bertz CT molecular complexity index is 796. The van der Waals surface area contributed by atoms with Crippen molar-refractivity contribution in [3.8, 4) is 22.9 Å². The van der Waals surface area contributed by atoms with Crippen molar-refractivity contribution in [2.24, 2.45) is 0 Å². The van der Waals surface area contributed by atoms with Gasteiger partial charge in [0.2, 0.25) is 0 Å². The second kappa shape index (κ2) is 6.15. The molecule has 0 saturated heterocycles. The molecule has 1 heterocycles. The third-order valence-corrected chi connectivity index (χ3v) is 3.27. The molecule has 0 spiro atoms. The van der Waals surface area contributed by atoms with E-state index in [2.05, 4.69) is 11.2 Å². The SMILES string of the molecule is Cc1cc(COc2ccc(-c3ccc(C#N)cc3)cc2)no1. The van der Waals surface area contributed by atoms with Crippen LogP contribution in [0.15, 0.2) is 59.1 Å². The molecular weight excluding hydrogens is 276 g/mol. The fourth-order valence-electron chi connectivity index (χ4n) is 2.12. The highest BCUT2D eigenvalue weighted by atomic mass is 16.5. The molecule has 4 heteroatoms. The molecular formula is C18H14N2O2. The summed E-state index contributed by atoms with van der Waals surface area (Å²) in [7, 11) is 0. The van der Waals surface area contributed by atoms with Gasteiger partial charge >= 0.3 is 0 Å². The van der Waals surface area contributed by atoms with E-state index in [-0.39, 0.29) is 0 Å². The summed E-state index contributed by atoms with van der Waals surface area (Å²) in [6.45, 7) is 2.23. The van der Waals surface area contributed by atoms with E-state index in [1.807, 2.05) is 61.5 Å². The largest absolute Gasteiger partial charge is 0.487 e. The van der Waals surface area contributed by atoms with Gasteiger partial charge in [0.05, 0.1) is 11.6 Å². The van der Waals surface area contributed by atoms with Gasteiger partial charge < -0.3 is 9.26 Å². The van der Waals surface area contributed by atoms with Crippen LogP contribution in [0.25, 0.3) is 11.1 Å². The van der Waals surface area contributed by atoms with E-state index in [0.29, 0.717) is 12.2 Å². The van der Waals surface area contributed by atoms with Crippen molar-refractivity contribution < 1.29 is 9.26 Å². The van der Waals surface area contributed by atoms with Crippen molar-refractivity contribution >= 4 is 0 Å². The summed E-state index contributed by atoms with van der Waals surface area (Å²) >= 11 is 0. The lowest BCUT2D eigenvalue weighted by atomic mass is 10.0. The maximum absolute atomic E-state index is 8.81. The molecule has 1 aromatic heterocycles. The Hall–Kier alpha value is -3.06. The summed E-state index contributed by atoms with van der Waals surface area (Å²) in [4.78, 5) is 0. The zero-order valence-electron chi connectivity index (χ0n) is 12.1. The minimum atomic E-state index is 0.382. The molecule has 108 valence electrons. The average molecular weight is 290 g/mol. The van der Waals surface area contributed by atoms with Crippen LogP contribution >= 0.6 is 0 Å². The van der Waals surface area contributed by atoms with Gasteiger partial charge in [0, 0.05) is 6.07 Å². The maximum Gasteiger partial charge on any atom is 0.134 e. The van der Waals surface area contributed by atoms with E-state index in [9.17, 15) is 0 Å². The molecule has 0 unspecified atom stereocenters. The van der Waals surface area contributed by atoms with Crippen LogP contribution in [0.2, 0.25) is 0 Å². The number of nitrogens with zero attached hydrogens (tertiary/aromatic N) is 2. The lowest BCUT2D eigenvalue weighted by Gasteiger charge is -2.06. The van der Waals surface area contributed by atoms with E-state index < -0.39 is 0 Å². The fourth-order valence-corrected chi connectivity index (χ4v) is 2.12. The van der Waals surface area contributed by atoms with Gasteiger partial charge in [-0.1, -0.05) is 29.4 Å². The van der Waals surface area contributed by atoms with E-state index in [0.717, 1.165) is 28.3 Å². The van der Waals surface area contributed by atoms with Gasteiger partial charge in [-0.15, -0.1) is 0 Å². The van der Waals surface area contributed by atoms with Crippen LogP contribution < -0.4 is 4.74 Å².